The minimum Gasteiger partial charge on any atom is -0.294 e. The summed E-state index contributed by atoms with van der Waals surface area (Å²) in [5, 5.41) is 0.648. The van der Waals surface area contributed by atoms with Crippen LogP contribution in [0.4, 0.5) is 0 Å². The molecule has 2 aromatic carbocycles. The van der Waals surface area contributed by atoms with Crippen molar-refractivity contribution in [3.63, 3.8) is 0 Å². The average molecular weight is 403 g/mol. The number of hydrogen-bond donors (Lipinski definition) is 0. The Morgan fingerprint density at radius 1 is 1.16 bits per heavy atom. The van der Waals surface area contributed by atoms with Gasteiger partial charge in [-0.05, 0) is 42.3 Å². The Bertz CT molecular complexity index is 638. The lowest BCUT2D eigenvalue weighted by molar-refractivity contribution is 0.0992. The highest BCUT2D eigenvalue weighted by atomic mass is 79.9. The number of carbonyl (C=O) groups is 1. The summed E-state index contributed by atoms with van der Waals surface area (Å²) in [6, 6.07) is 11.2. The number of halogens is 3. The van der Waals surface area contributed by atoms with Gasteiger partial charge >= 0.3 is 0 Å². The molecule has 0 unspecified atom stereocenters. The van der Waals surface area contributed by atoms with Crippen LogP contribution in [0.25, 0.3) is 0 Å². The Morgan fingerprint density at radius 2 is 1.89 bits per heavy atom. The van der Waals surface area contributed by atoms with Crippen molar-refractivity contribution in [3.8, 4) is 0 Å². The molecule has 0 spiro atoms. The Hall–Kier alpha value is -0.640. The molecule has 0 aliphatic rings. The summed E-state index contributed by atoms with van der Waals surface area (Å²) in [6.45, 7) is 1.99. The van der Waals surface area contributed by atoms with Gasteiger partial charge in [0, 0.05) is 26.0 Å². The highest BCUT2D eigenvalue weighted by Crippen LogP contribution is 2.26. The van der Waals surface area contributed by atoms with Gasteiger partial charge in [0.25, 0.3) is 0 Å². The van der Waals surface area contributed by atoms with E-state index in [0.29, 0.717) is 17.0 Å². The van der Waals surface area contributed by atoms with E-state index in [4.69, 9.17) is 11.6 Å². The summed E-state index contributed by atoms with van der Waals surface area (Å²) in [6.07, 6.45) is 0.342. The molecule has 0 aliphatic carbocycles. The Kier molecular flexibility index (Phi) is 4.82. The summed E-state index contributed by atoms with van der Waals surface area (Å²) in [5.74, 6) is 0.0647. The zero-order chi connectivity index (χ0) is 14.0. The van der Waals surface area contributed by atoms with E-state index in [1.807, 2.05) is 37.3 Å². The number of hydrogen-bond acceptors (Lipinski definition) is 1. The van der Waals surface area contributed by atoms with Crippen molar-refractivity contribution >= 4 is 49.2 Å². The molecule has 0 bridgehead atoms. The largest absolute Gasteiger partial charge is 0.294 e. The lowest BCUT2D eigenvalue weighted by atomic mass is 10.0. The lowest BCUT2D eigenvalue weighted by Gasteiger charge is -2.07. The predicted octanol–water partition coefficient (Wildman–Crippen LogP) is 5.60. The number of aryl methyl sites for hydroxylation is 1. The van der Waals surface area contributed by atoms with Crippen LogP contribution in [0.5, 0.6) is 0 Å². The number of ketones is 1. The number of benzene rings is 2. The molecular weight excluding hydrogens is 391 g/mol. The molecular formula is C15H11Br2ClO. The van der Waals surface area contributed by atoms with E-state index < -0.39 is 0 Å². The number of carbonyl (C=O) groups excluding carboxylic acids is 1. The molecule has 19 heavy (non-hydrogen) atoms. The number of rotatable bonds is 3. The molecule has 98 valence electrons. The monoisotopic (exact) mass is 400 g/mol. The van der Waals surface area contributed by atoms with Crippen molar-refractivity contribution in [1.82, 2.24) is 0 Å². The van der Waals surface area contributed by atoms with Gasteiger partial charge in [-0.25, -0.2) is 0 Å². The van der Waals surface area contributed by atoms with Crippen LogP contribution in [-0.2, 0) is 6.42 Å². The molecule has 0 heterocycles. The van der Waals surface area contributed by atoms with Gasteiger partial charge in [-0.15, -0.1) is 0 Å². The molecule has 0 aliphatic heterocycles. The third-order valence-electron chi connectivity index (χ3n) is 2.80. The van der Waals surface area contributed by atoms with Crippen LogP contribution in [0, 0.1) is 6.92 Å². The first-order valence-corrected chi connectivity index (χ1v) is 7.67. The molecule has 0 fully saturated rings. The summed E-state index contributed by atoms with van der Waals surface area (Å²) in [4.78, 5) is 12.3. The quantitative estimate of drug-likeness (QED) is 0.611. The Morgan fingerprint density at radius 3 is 2.58 bits per heavy atom. The molecule has 4 heteroatoms. The molecule has 0 saturated heterocycles. The maximum absolute atomic E-state index is 12.3. The van der Waals surface area contributed by atoms with Gasteiger partial charge < -0.3 is 0 Å². The van der Waals surface area contributed by atoms with Gasteiger partial charge in [-0.1, -0.05) is 55.6 Å². The fourth-order valence-electron chi connectivity index (χ4n) is 1.79. The van der Waals surface area contributed by atoms with Crippen molar-refractivity contribution in [1.29, 1.82) is 0 Å². The third-order valence-corrected chi connectivity index (χ3v) is 4.55. The van der Waals surface area contributed by atoms with Crippen molar-refractivity contribution in [2.45, 2.75) is 13.3 Å². The zero-order valence-electron chi connectivity index (χ0n) is 10.2. The minimum atomic E-state index is 0.0647. The lowest BCUT2D eigenvalue weighted by Crippen LogP contribution is -2.05. The molecule has 0 N–H and O–H groups in total. The van der Waals surface area contributed by atoms with E-state index in [2.05, 4.69) is 31.9 Å². The van der Waals surface area contributed by atoms with Crippen LogP contribution in [-0.4, -0.2) is 5.78 Å². The van der Waals surface area contributed by atoms with Crippen molar-refractivity contribution in [2.75, 3.05) is 0 Å². The van der Waals surface area contributed by atoms with Gasteiger partial charge in [0.1, 0.15) is 0 Å². The van der Waals surface area contributed by atoms with E-state index in [1.165, 1.54) is 0 Å². The zero-order valence-corrected chi connectivity index (χ0v) is 14.1. The van der Waals surface area contributed by atoms with Gasteiger partial charge in [0.2, 0.25) is 0 Å². The van der Waals surface area contributed by atoms with Crippen LogP contribution in [0.15, 0.2) is 45.3 Å². The molecule has 0 atom stereocenters. The fourth-order valence-corrected chi connectivity index (χ4v) is 3.02. The summed E-state index contributed by atoms with van der Waals surface area (Å²) in [7, 11) is 0. The third kappa shape index (κ3) is 3.68. The van der Waals surface area contributed by atoms with Crippen LogP contribution in [0.3, 0.4) is 0 Å². The maximum Gasteiger partial charge on any atom is 0.168 e. The molecule has 2 rings (SSSR count). The van der Waals surface area contributed by atoms with Crippen molar-refractivity contribution in [2.24, 2.45) is 0 Å². The smallest absolute Gasteiger partial charge is 0.168 e. The van der Waals surface area contributed by atoms with Crippen molar-refractivity contribution in [3.05, 3.63) is 67.1 Å². The summed E-state index contributed by atoms with van der Waals surface area (Å²) >= 11 is 12.8. The first-order chi connectivity index (χ1) is 8.97. The van der Waals surface area contributed by atoms with Crippen LogP contribution >= 0.6 is 43.5 Å². The highest BCUT2D eigenvalue weighted by molar-refractivity contribution is 9.11. The Balaban J connectivity index is 2.28. The van der Waals surface area contributed by atoms with Crippen molar-refractivity contribution < 1.29 is 4.79 Å². The van der Waals surface area contributed by atoms with Gasteiger partial charge in [0.05, 0.1) is 0 Å². The second-order valence-corrected chi connectivity index (χ2v) is 6.46. The maximum atomic E-state index is 12.3. The van der Waals surface area contributed by atoms with E-state index in [-0.39, 0.29) is 5.78 Å². The topological polar surface area (TPSA) is 17.1 Å². The minimum absolute atomic E-state index is 0.0647. The SMILES string of the molecule is Cc1cc(Br)c(C(=O)Cc2cccc(Cl)c2)cc1Br. The normalized spacial score (nSPS) is 10.5. The van der Waals surface area contributed by atoms with E-state index in [1.54, 1.807) is 6.07 Å². The summed E-state index contributed by atoms with van der Waals surface area (Å²) < 4.78 is 1.75. The number of Topliss-reactive ketones (excluding diaryl/α,β-unsaturated/α-hetero) is 1. The second kappa shape index (κ2) is 6.21. The van der Waals surface area contributed by atoms with Gasteiger partial charge in [-0.3, -0.25) is 4.79 Å². The van der Waals surface area contributed by atoms with E-state index >= 15 is 0 Å². The standard InChI is InChI=1S/C15H11Br2ClO/c1-9-5-14(17)12(8-13(9)16)15(19)7-10-3-2-4-11(18)6-10/h2-6,8H,7H2,1H3. The van der Waals surface area contributed by atoms with E-state index in [0.717, 1.165) is 20.1 Å². The fraction of sp³-hybridized carbons (Fsp3) is 0.133. The van der Waals surface area contributed by atoms with Crippen LogP contribution in [0.1, 0.15) is 21.5 Å². The predicted molar refractivity (Wildman–Crippen MR) is 86.1 cm³/mol. The molecule has 0 radical (unpaired) electrons. The molecule has 0 saturated carbocycles. The molecule has 0 aromatic heterocycles. The van der Waals surface area contributed by atoms with Crippen LogP contribution < -0.4 is 0 Å². The van der Waals surface area contributed by atoms with E-state index in [9.17, 15) is 4.79 Å². The van der Waals surface area contributed by atoms with Gasteiger partial charge in [-0.2, -0.15) is 0 Å². The second-order valence-electron chi connectivity index (χ2n) is 4.31. The van der Waals surface area contributed by atoms with Crippen LogP contribution in [0.2, 0.25) is 5.02 Å². The summed E-state index contributed by atoms with van der Waals surface area (Å²) in [5.41, 5.74) is 2.68. The first kappa shape index (κ1) is 14.8. The van der Waals surface area contributed by atoms with Gasteiger partial charge in [0.15, 0.2) is 5.78 Å². The molecule has 1 nitrogen and oxygen atoms in total. The molecule has 0 amide bonds. The average Bonchev–Trinajstić information content (AvgIpc) is 2.33. The molecule has 2 aromatic rings. The highest BCUT2D eigenvalue weighted by Gasteiger charge is 2.13. The Labute approximate surface area is 134 Å². The first-order valence-electron chi connectivity index (χ1n) is 5.70.